The molecule has 3 aromatic rings. The molecule has 7 heteroatoms. The lowest BCUT2D eigenvalue weighted by atomic mass is 10.2. The maximum atomic E-state index is 11.6. The van der Waals surface area contributed by atoms with Gasteiger partial charge in [0.15, 0.2) is 11.5 Å². The molecule has 0 spiro atoms. The molecule has 0 fully saturated rings. The van der Waals surface area contributed by atoms with Crippen molar-refractivity contribution >= 4 is 21.7 Å². The summed E-state index contributed by atoms with van der Waals surface area (Å²) in [6.45, 7) is 0.311. The summed E-state index contributed by atoms with van der Waals surface area (Å²) in [6, 6.07) is 11.1. The zero-order valence-corrected chi connectivity index (χ0v) is 15.0. The topological polar surface area (TPSA) is 70.5 Å². The van der Waals surface area contributed by atoms with Crippen LogP contribution in [0.4, 0.5) is 0 Å². The van der Waals surface area contributed by atoms with E-state index < -0.39 is 10.8 Å². The van der Waals surface area contributed by atoms with E-state index in [4.69, 9.17) is 14.2 Å². The summed E-state index contributed by atoms with van der Waals surface area (Å²) in [5.41, 5.74) is 1.62. The minimum Gasteiger partial charge on any atom is -0.493 e. The van der Waals surface area contributed by atoms with Gasteiger partial charge in [0.05, 0.1) is 25.1 Å². The Balaban J connectivity index is 1.91. The minimum atomic E-state index is -1.03. The summed E-state index contributed by atoms with van der Waals surface area (Å²) >= 11 is 0. The lowest BCUT2D eigenvalue weighted by molar-refractivity contribution is 0.297. The quantitative estimate of drug-likeness (QED) is 0.675. The Kier molecular flexibility index (Phi) is 5.14. The van der Waals surface area contributed by atoms with Crippen molar-refractivity contribution in [1.82, 2.24) is 9.97 Å². The van der Waals surface area contributed by atoms with Gasteiger partial charge in [-0.15, -0.1) is 0 Å². The normalized spacial score (nSPS) is 12.0. The van der Waals surface area contributed by atoms with Crippen LogP contribution in [-0.4, -0.2) is 34.7 Å². The van der Waals surface area contributed by atoms with Crippen molar-refractivity contribution in [3.8, 4) is 17.4 Å². The SMILES string of the molecule is COc1cc2ncnc(OCc3cccc(S(C)=O)c3)c2cc1OC. The Labute approximate surface area is 148 Å². The summed E-state index contributed by atoms with van der Waals surface area (Å²) < 4.78 is 28.1. The third-order valence-electron chi connectivity index (χ3n) is 3.71. The monoisotopic (exact) mass is 358 g/mol. The molecule has 0 N–H and O–H groups in total. The highest BCUT2D eigenvalue weighted by atomic mass is 32.2. The number of methoxy groups -OCH3 is 2. The largest absolute Gasteiger partial charge is 0.493 e. The van der Waals surface area contributed by atoms with Crippen molar-refractivity contribution in [3.63, 3.8) is 0 Å². The van der Waals surface area contributed by atoms with E-state index in [-0.39, 0.29) is 0 Å². The Morgan fingerprint density at radius 3 is 2.52 bits per heavy atom. The molecule has 0 aliphatic heterocycles. The van der Waals surface area contributed by atoms with E-state index in [1.165, 1.54) is 6.33 Å². The van der Waals surface area contributed by atoms with Gasteiger partial charge in [-0.05, 0) is 23.8 Å². The molecule has 0 bridgehead atoms. The van der Waals surface area contributed by atoms with Crippen molar-refractivity contribution in [2.75, 3.05) is 20.5 Å². The molecule has 3 rings (SSSR count). The zero-order chi connectivity index (χ0) is 17.8. The number of rotatable bonds is 6. The van der Waals surface area contributed by atoms with Crippen molar-refractivity contribution in [3.05, 3.63) is 48.3 Å². The van der Waals surface area contributed by atoms with E-state index >= 15 is 0 Å². The van der Waals surface area contributed by atoms with Crippen LogP contribution in [0.3, 0.4) is 0 Å². The average molecular weight is 358 g/mol. The molecule has 1 heterocycles. The van der Waals surface area contributed by atoms with E-state index in [0.717, 1.165) is 15.8 Å². The Bertz CT molecular complexity index is 930. The second-order valence-corrected chi connectivity index (χ2v) is 6.67. The highest BCUT2D eigenvalue weighted by molar-refractivity contribution is 7.84. The molecule has 0 saturated heterocycles. The van der Waals surface area contributed by atoms with Crippen LogP contribution in [0.15, 0.2) is 47.6 Å². The minimum absolute atomic E-state index is 0.311. The summed E-state index contributed by atoms with van der Waals surface area (Å²) in [5, 5.41) is 0.732. The zero-order valence-electron chi connectivity index (χ0n) is 14.2. The molecule has 1 aromatic heterocycles. The van der Waals surface area contributed by atoms with Gasteiger partial charge in [0.1, 0.15) is 12.9 Å². The predicted molar refractivity (Wildman–Crippen MR) is 95.7 cm³/mol. The first-order valence-corrected chi connectivity index (χ1v) is 9.10. The van der Waals surface area contributed by atoms with Crippen LogP contribution in [0, 0.1) is 0 Å². The summed E-state index contributed by atoms with van der Waals surface area (Å²) in [6.07, 6.45) is 3.10. The van der Waals surface area contributed by atoms with Crippen LogP contribution in [0.5, 0.6) is 17.4 Å². The van der Waals surface area contributed by atoms with Gasteiger partial charge in [0, 0.05) is 28.0 Å². The van der Waals surface area contributed by atoms with E-state index in [1.54, 1.807) is 32.6 Å². The first-order valence-electron chi connectivity index (χ1n) is 7.54. The molecule has 6 nitrogen and oxygen atoms in total. The van der Waals surface area contributed by atoms with E-state index in [0.29, 0.717) is 29.5 Å². The molecular formula is C18H18N2O4S. The van der Waals surface area contributed by atoms with Gasteiger partial charge >= 0.3 is 0 Å². The van der Waals surface area contributed by atoms with Gasteiger partial charge in [-0.2, -0.15) is 0 Å². The Morgan fingerprint density at radius 1 is 1.04 bits per heavy atom. The van der Waals surface area contributed by atoms with Gasteiger partial charge in [0.2, 0.25) is 5.88 Å². The van der Waals surface area contributed by atoms with Crippen molar-refractivity contribution < 1.29 is 18.4 Å². The maximum absolute atomic E-state index is 11.6. The maximum Gasteiger partial charge on any atom is 0.224 e. The fourth-order valence-corrected chi connectivity index (χ4v) is 3.03. The summed E-state index contributed by atoms with van der Waals surface area (Å²) in [4.78, 5) is 9.24. The van der Waals surface area contributed by atoms with Crippen molar-refractivity contribution in [1.29, 1.82) is 0 Å². The molecule has 25 heavy (non-hydrogen) atoms. The smallest absolute Gasteiger partial charge is 0.224 e. The summed E-state index contributed by atoms with van der Waals surface area (Å²) in [7, 11) is 2.12. The highest BCUT2D eigenvalue weighted by Gasteiger charge is 2.12. The van der Waals surface area contributed by atoms with E-state index in [1.807, 2.05) is 24.3 Å². The number of hydrogen-bond donors (Lipinski definition) is 0. The fourth-order valence-electron chi connectivity index (χ4n) is 2.44. The van der Waals surface area contributed by atoms with Gasteiger partial charge in [-0.25, -0.2) is 9.97 Å². The number of nitrogens with zero attached hydrogens (tertiary/aromatic N) is 2. The third-order valence-corrected chi connectivity index (χ3v) is 4.63. The van der Waals surface area contributed by atoms with Crippen LogP contribution < -0.4 is 14.2 Å². The Hall–Kier alpha value is -2.67. The second-order valence-electron chi connectivity index (χ2n) is 5.29. The summed E-state index contributed by atoms with van der Waals surface area (Å²) in [5.74, 6) is 1.63. The molecule has 1 unspecified atom stereocenters. The number of fused-ring (bicyclic) bond motifs is 1. The van der Waals surface area contributed by atoms with E-state index in [2.05, 4.69) is 9.97 Å². The van der Waals surface area contributed by atoms with Crippen molar-refractivity contribution in [2.24, 2.45) is 0 Å². The van der Waals surface area contributed by atoms with E-state index in [9.17, 15) is 4.21 Å². The lowest BCUT2D eigenvalue weighted by Gasteiger charge is -2.12. The number of hydrogen-bond acceptors (Lipinski definition) is 6. The first kappa shape index (κ1) is 17.2. The third kappa shape index (κ3) is 3.71. The molecule has 0 aliphatic carbocycles. The second kappa shape index (κ2) is 7.48. The molecule has 0 amide bonds. The van der Waals surface area contributed by atoms with Crippen LogP contribution in [0.25, 0.3) is 10.9 Å². The number of ether oxygens (including phenoxy) is 3. The number of benzene rings is 2. The van der Waals surface area contributed by atoms with Crippen LogP contribution in [0.2, 0.25) is 0 Å². The van der Waals surface area contributed by atoms with Gasteiger partial charge in [0.25, 0.3) is 0 Å². The number of aromatic nitrogens is 2. The Morgan fingerprint density at radius 2 is 1.80 bits per heavy atom. The lowest BCUT2D eigenvalue weighted by Crippen LogP contribution is -2.00. The van der Waals surface area contributed by atoms with Gasteiger partial charge in [-0.1, -0.05) is 12.1 Å². The van der Waals surface area contributed by atoms with Gasteiger partial charge < -0.3 is 14.2 Å². The molecule has 2 aromatic carbocycles. The predicted octanol–water partition coefficient (Wildman–Crippen LogP) is 2.96. The molecule has 0 radical (unpaired) electrons. The van der Waals surface area contributed by atoms with Gasteiger partial charge in [-0.3, -0.25) is 4.21 Å². The van der Waals surface area contributed by atoms with Crippen LogP contribution >= 0.6 is 0 Å². The van der Waals surface area contributed by atoms with Crippen LogP contribution in [-0.2, 0) is 17.4 Å². The fraction of sp³-hybridized carbons (Fsp3) is 0.222. The molecule has 1 atom stereocenters. The molecular weight excluding hydrogens is 340 g/mol. The van der Waals surface area contributed by atoms with Crippen molar-refractivity contribution in [2.45, 2.75) is 11.5 Å². The highest BCUT2D eigenvalue weighted by Crippen LogP contribution is 2.34. The average Bonchev–Trinajstić information content (AvgIpc) is 2.65. The first-order chi connectivity index (χ1) is 12.1. The molecule has 130 valence electrons. The standard InChI is InChI=1S/C18H18N2O4S/c1-22-16-8-14-15(9-17(16)23-2)19-11-20-18(14)24-10-12-5-4-6-13(7-12)25(3)21/h4-9,11H,10H2,1-3H3. The van der Waals surface area contributed by atoms with Crippen LogP contribution in [0.1, 0.15) is 5.56 Å². The molecule has 0 saturated carbocycles. The molecule has 0 aliphatic rings.